The number of carbonyl (C=O) groups excluding carboxylic acids is 1. The molecule has 5 nitrogen and oxygen atoms in total. The molecular weight excluding hydrogens is 196 g/mol. The summed E-state index contributed by atoms with van der Waals surface area (Å²) in [6.07, 6.45) is 0.111. The highest BCUT2D eigenvalue weighted by Crippen LogP contribution is 2.11. The zero-order valence-corrected chi connectivity index (χ0v) is 9.44. The molecule has 5 heteroatoms. The topological polar surface area (TPSA) is 64.8 Å². The molecule has 88 valence electrons. The molecule has 0 spiro atoms. The van der Waals surface area contributed by atoms with E-state index in [1.165, 1.54) is 0 Å². The van der Waals surface area contributed by atoms with Crippen molar-refractivity contribution in [1.29, 1.82) is 0 Å². The molecule has 1 aliphatic heterocycles. The molecule has 15 heavy (non-hydrogen) atoms. The smallest absolute Gasteiger partial charge is 0.224 e. The van der Waals surface area contributed by atoms with Gasteiger partial charge in [0, 0.05) is 32.2 Å². The van der Waals surface area contributed by atoms with Crippen LogP contribution in [0.2, 0.25) is 0 Å². The average molecular weight is 216 g/mol. The van der Waals surface area contributed by atoms with E-state index in [1.807, 2.05) is 13.8 Å². The Hall–Kier alpha value is -0.650. The standard InChI is InChI=1S/C10H20N2O3/c1-3-14-10(15-4-2)7-12-6-8(11)5-9(12)13/h8,10H,3-7,11H2,1-2H3. The number of hydrogen-bond acceptors (Lipinski definition) is 4. The molecule has 1 atom stereocenters. The minimum absolute atomic E-state index is 0.0404. The first-order chi connectivity index (χ1) is 7.17. The zero-order chi connectivity index (χ0) is 11.3. The van der Waals surface area contributed by atoms with Gasteiger partial charge < -0.3 is 20.1 Å². The molecule has 1 aliphatic rings. The first kappa shape index (κ1) is 12.4. The number of likely N-dealkylation sites (tertiary alicyclic amines) is 1. The van der Waals surface area contributed by atoms with Gasteiger partial charge >= 0.3 is 0 Å². The lowest BCUT2D eigenvalue weighted by Gasteiger charge is -2.23. The Morgan fingerprint density at radius 3 is 2.47 bits per heavy atom. The van der Waals surface area contributed by atoms with Crippen LogP contribution in [0.1, 0.15) is 20.3 Å². The van der Waals surface area contributed by atoms with Crippen LogP contribution in [0.4, 0.5) is 0 Å². The predicted octanol–water partition coefficient (Wildman–Crippen LogP) is -0.0549. The maximum absolute atomic E-state index is 11.5. The van der Waals surface area contributed by atoms with Crippen LogP contribution in [-0.2, 0) is 14.3 Å². The van der Waals surface area contributed by atoms with Crippen LogP contribution in [0.25, 0.3) is 0 Å². The van der Waals surface area contributed by atoms with E-state index in [1.54, 1.807) is 4.90 Å². The Labute approximate surface area is 90.5 Å². The van der Waals surface area contributed by atoms with Crippen LogP contribution in [0, 0.1) is 0 Å². The second-order valence-electron chi connectivity index (χ2n) is 3.60. The van der Waals surface area contributed by atoms with Crippen LogP contribution < -0.4 is 5.73 Å². The molecule has 1 saturated heterocycles. The van der Waals surface area contributed by atoms with E-state index in [-0.39, 0.29) is 18.2 Å². The van der Waals surface area contributed by atoms with Crippen molar-refractivity contribution in [3.63, 3.8) is 0 Å². The Morgan fingerprint density at radius 2 is 2.07 bits per heavy atom. The fourth-order valence-electron chi connectivity index (χ4n) is 1.68. The number of amides is 1. The highest BCUT2D eigenvalue weighted by atomic mass is 16.7. The molecule has 0 aromatic rings. The highest BCUT2D eigenvalue weighted by molar-refractivity contribution is 5.79. The molecule has 0 radical (unpaired) electrons. The fourth-order valence-corrected chi connectivity index (χ4v) is 1.68. The van der Waals surface area contributed by atoms with E-state index in [9.17, 15) is 4.79 Å². The normalized spacial score (nSPS) is 21.7. The SMILES string of the molecule is CCOC(CN1CC(N)CC1=O)OCC. The van der Waals surface area contributed by atoms with Crippen molar-refractivity contribution >= 4 is 5.91 Å². The lowest BCUT2D eigenvalue weighted by atomic mass is 10.3. The number of nitrogens with zero attached hydrogens (tertiary/aromatic N) is 1. The molecule has 1 fully saturated rings. The maximum atomic E-state index is 11.5. The lowest BCUT2D eigenvalue weighted by Crippen LogP contribution is -2.37. The van der Waals surface area contributed by atoms with Gasteiger partial charge in [-0.25, -0.2) is 0 Å². The van der Waals surface area contributed by atoms with Gasteiger partial charge in [-0.3, -0.25) is 4.79 Å². The molecule has 0 aromatic carbocycles. The monoisotopic (exact) mass is 216 g/mol. The number of nitrogens with two attached hydrogens (primary N) is 1. The van der Waals surface area contributed by atoms with E-state index in [2.05, 4.69) is 0 Å². The van der Waals surface area contributed by atoms with E-state index in [4.69, 9.17) is 15.2 Å². The van der Waals surface area contributed by atoms with Crippen LogP contribution >= 0.6 is 0 Å². The molecule has 1 unspecified atom stereocenters. The van der Waals surface area contributed by atoms with Gasteiger partial charge in [-0.15, -0.1) is 0 Å². The molecule has 0 saturated carbocycles. The summed E-state index contributed by atoms with van der Waals surface area (Å²) in [6.45, 7) is 6.06. The van der Waals surface area contributed by atoms with Crippen molar-refractivity contribution in [3.05, 3.63) is 0 Å². The van der Waals surface area contributed by atoms with Gasteiger partial charge in [0.1, 0.15) is 0 Å². The van der Waals surface area contributed by atoms with Crippen molar-refractivity contribution < 1.29 is 14.3 Å². The van der Waals surface area contributed by atoms with Crippen LogP contribution in [0.3, 0.4) is 0 Å². The summed E-state index contributed by atoms with van der Waals surface area (Å²) < 4.78 is 10.7. The zero-order valence-electron chi connectivity index (χ0n) is 9.44. The third-order valence-electron chi connectivity index (χ3n) is 2.32. The first-order valence-electron chi connectivity index (χ1n) is 5.43. The lowest BCUT2D eigenvalue weighted by molar-refractivity contribution is -0.155. The molecule has 2 N–H and O–H groups in total. The summed E-state index contributed by atoms with van der Waals surface area (Å²) in [6, 6.07) is -0.0404. The second kappa shape index (κ2) is 6.05. The molecule has 0 aliphatic carbocycles. The molecule has 0 aromatic heterocycles. The van der Waals surface area contributed by atoms with Gasteiger partial charge in [0.25, 0.3) is 0 Å². The van der Waals surface area contributed by atoms with Gasteiger partial charge in [-0.05, 0) is 13.8 Å². The van der Waals surface area contributed by atoms with Crippen LogP contribution in [-0.4, -0.2) is 49.4 Å². The van der Waals surface area contributed by atoms with Gasteiger partial charge in [0.05, 0.1) is 6.54 Å². The Kier molecular flexibility index (Phi) is 5.01. The molecule has 1 rings (SSSR count). The minimum Gasteiger partial charge on any atom is -0.351 e. The summed E-state index contributed by atoms with van der Waals surface area (Å²) in [4.78, 5) is 13.2. The van der Waals surface area contributed by atoms with E-state index in [0.717, 1.165) is 0 Å². The van der Waals surface area contributed by atoms with E-state index in [0.29, 0.717) is 32.7 Å². The fraction of sp³-hybridized carbons (Fsp3) is 0.900. The molecule has 1 heterocycles. The molecule has 0 bridgehead atoms. The Morgan fingerprint density at radius 1 is 1.47 bits per heavy atom. The van der Waals surface area contributed by atoms with Crippen LogP contribution in [0.5, 0.6) is 0 Å². The van der Waals surface area contributed by atoms with Crippen molar-refractivity contribution in [1.82, 2.24) is 4.90 Å². The highest BCUT2D eigenvalue weighted by Gasteiger charge is 2.28. The molecular formula is C10H20N2O3. The first-order valence-corrected chi connectivity index (χ1v) is 5.43. The van der Waals surface area contributed by atoms with Gasteiger partial charge in [-0.1, -0.05) is 0 Å². The molecule has 1 amide bonds. The van der Waals surface area contributed by atoms with E-state index < -0.39 is 0 Å². The summed E-state index contributed by atoms with van der Waals surface area (Å²) in [5.41, 5.74) is 5.70. The third kappa shape index (κ3) is 3.77. The number of carbonyl (C=O) groups is 1. The predicted molar refractivity (Wildman–Crippen MR) is 56.2 cm³/mol. The summed E-state index contributed by atoms with van der Waals surface area (Å²) in [7, 11) is 0. The number of hydrogen-bond donors (Lipinski definition) is 1. The second-order valence-corrected chi connectivity index (χ2v) is 3.60. The van der Waals surface area contributed by atoms with Gasteiger partial charge in [-0.2, -0.15) is 0 Å². The Balaban J connectivity index is 2.39. The van der Waals surface area contributed by atoms with E-state index >= 15 is 0 Å². The minimum atomic E-state index is -0.325. The third-order valence-corrected chi connectivity index (χ3v) is 2.32. The van der Waals surface area contributed by atoms with Crippen LogP contribution in [0.15, 0.2) is 0 Å². The Bertz CT molecular complexity index is 205. The van der Waals surface area contributed by atoms with Crippen molar-refractivity contribution in [3.8, 4) is 0 Å². The summed E-state index contributed by atoms with van der Waals surface area (Å²) in [5, 5.41) is 0. The maximum Gasteiger partial charge on any atom is 0.224 e. The average Bonchev–Trinajstić information content (AvgIpc) is 2.46. The number of ether oxygens (including phenoxy) is 2. The summed E-state index contributed by atoms with van der Waals surface area (Å²) in [5.74, 6) is 0.0897. The van der Waals surface area contributed by atoms with Crippen molar-refractivity contribution in [2.75, 3.05) is 26.3 Å². The van der Waals surface area contributed by atoms with Gasteiger partial charge in [0.2, 0.25) is 5.91 Å². The van der Waals surface area contributed by atoms with Crippen molar-refractivity contribution in [2.24, 2.45) is 5.73 Å². The quantitative estimate of drug-likeness (QED) is 0.632. The number of rotatable bonds is 6. The summed E-state index contributed by atoms with van der Waals surface area (Å²) >= 11 is 0. The van der Waals surface area contributed by atoms with Crippen molar-refractivity contribution in [2.45, 2.75) is 32.6 Å². The van der Waals surface area contributed by atoms with Gasteiger partial charge in [0.15, 0.2) is 6.29 Å². The largest absolute Gasteiger partial charge is 0.351 e.